The summed E-state index contributed by atoms with van der Waals surface area (Å²) < 4.78 is 10.1. The number of nitrogens with zero attached hydrogens (tertiary/aromatic N) is 1. The minimum atomic E-state index is -1.05. The Labute approximate surface area is 164 Å². The highest BCUT2D eigenvalue weighted by molar-refractivity contribution is 6.35. The van der Waals surface area contributed by atoms with Gasteiger partial charge in [-0.3, -0.25) is 25.2 Å². The second-order valence-corrected chi connectivity index (χ2v) is 6.02. The predicted molar refractivity (Wildman–Crippen MR) is 97.8 cm³/mol. The molecular weight excluding hydrogens is 388 g/mol. The van der Waals surface area contributed by atoms with Gasteiger partial charge in [-0.25, -0.2) is 0 Å². The highest BCUT2D eigenvalue weighted by atomic mass is 35.5. The Bertz CT molecular complexity index is 1010. The van der Waals surface area contributed by atoms with Crippen LogP contribution in [0.2, 0.25) is 5.02 Å². The van der Waals surface area contributed by atoms with Crippen molar-refractivity contribution in [3.63, 3.8) is 0 Å². The van der Waals surface area contributed by atoms with Crippen molar-refractivity contribution in [2.24, 2.45) is 0 Å². The van der Waals surface area contributed by atoms with E-state index in [1.54, 1.807) is 43.3 Å². The van der Waals surface area contributed by atoms with Gasteiger partial charge in [-0.1, -0.05) is 35.0 Å². The number of rotatable bonds is 4. The van der Waals surface area contributed by atoms with Crippen LogP contribution in [0, 0.1) is 6.92 Å². The van der Waals surface area contributed by atoms with Gasteiger partial charge in [-0.15, -0.1) is 0 Å². The van der Waals surface area contributed by atoms with E-state index >= 15 is 0 Å². The van der Waals surface area contributed by atoms with Gasteiger partial charge in [-0.05, 0) is 25.1 Å². The predicted octanol–water partition coefficient (Wildman–Crippen LogP) is 1.97. The van der Waals surface area contributed by atoms with Crippen LogP contribution >= 0.6 is 11.6 Å². The first-order chi connectivity index (χ1) is 13.5. The van der Waals surface area contributed by atoms with Crippen LogP contribution in [0.4, 0.5) is 0 Å². The standard InChI is InChI=1S/C18H15ClN4O5/c1-10-14(15(23-28-10)12-6-2-3-7-13(12)19)16(24)21-22-18(26)17(25)20-9-11-5-4-8-27-11/h2-8H,9H2,1H3,(H,20,25)(H,21,24)(H,22,26). The monoisotopic (exact) mass is 402 g/mol. The number of hydrogen-bond donors (Lipinski definition) is 3. The van der Waals surface area contributed by atoms with Crippen molar-refractivity contribution in [2.75, 3.05) is 0 Å². The number of carbonyl (C=O) groups excluding carboxylic acids is 3. The van der Waals surface area contributed by atoms with Gasteiger partial charge in [0.2, 0.25) is 0 Å². The Morgan fingerprint density at radius 3 is 2.57 bits per heavy atom. The van der Waals surface area contributed by atoms with Gasteiger partial charge in [0.15, 0.2) is 0 Å². The maximum Gasteiger partial charge on any atom is 0.327 e. The van der Waals surface area contributed by atoms with Crippen molar-refractivity contribution >= 4 is 29.3 Å². The summed E-state index contributed by atoms with van der Waals surface area (Å²) in [5, 5.41) is 6.60. The van der Waals surface area contributed by atoms with Crippen molar-refractivity contribution in [3.8, 4) is 11.3 Å². The highest BCUT2D eigenvalue weighted by Crippen LogP contribution is 2.30. The molecule has 28 heavy (non-hydrogen) atoms. The molecule has 0 spiro atoms. The van der Waals surface area contributed by atoms with Crippen molar-refractivity contribution in [1.82, 2.24) is 21.3 Å². The number of aromatic nitrogens is 1. The summed E-state index contributed by atoms with van der Waals surface area (Å²) in [7, 11) is 0. The molecule has 9 nitrogen and oxygen atoms in total. The van der Waals surface area contributed by atoms with E-state index in [9.17, 15) is 14.4 Å². The Hall–Kier alpha value is -3.59. The number of amides is 3. The molecule has 0 aliphatic heterocycles. The summed E-state index contributed by atoms with van der Waals surface area (Å²) in [6.07, 6.45) is 1.44. The molecule has 0 saturated heterocycles. The number of hydrazine groups is 1. The summed E-state index contributed by atoms with van der Waals surface area (Å²) in [5.41, 5.74) is 5.00. The summed E-state index contributed by atoms with van der Waals surface area (Å²) >= 11 is 6.15. The van der Waals surface area contributed by atoms with Crippen molar-refractivity contribution in [3.05, 3.63) is 64.8 Å². The molecule has 2 heterocycles. The van der Waals surface area contributed by atoms with Gasteiger partial charge in [0.05, 0.1) is 17.8 Å². The second kappa shape index (κ2) is 8.40. The van der Waals surface area contributed by atoms with E-state index in [1.165, 1.54) is 6.26 Å². The molecule has 0 bridgehead atoms. The molecule has 0 saturated carbocycles. The summed E-state index contributed by atoms with van der Waals surface area (Å²) in [5.74, 6) is -1.99. The van der Waals surface area contributed by atoms with E-state index in [0.29, 0.717) is 16.3 Å². The summed E-state index contributed by atoms with van der Waals surface area (Å²) in [4.78, 5) is 36.1. The summed E-state index contributed by atoms with van der Waals surface area (Å²) in [6.45, 7) is 1.58. The average molecular weight is 403 g/mol. The van der Waals surface area contributed by atoms with Gasteiger partial charge in [0, 0.05) is 5.56 Å². The third-order valence-electron chi connectivity index (χ3n) is 3.72. The highest BCUT2D eigenvalue weighted by Gasteiger charge is 2.24. The largest absolute Gasteiger partial charge is 0.467 e. The van der Waals surface area contributed by atoms with Gasteiger partial charge in [-0.2, -0.15) is 0 Å². The zero-order valence-corrected chi connectivity index (χ0v) is 15.4. The van der Waals surface area contributed by atoms with Gasteiger partial charge < -0.3 is 14.3 Å². The maximum atomic E-state index is 12.5. The molecule has 10 heteroatoms. The third kappa shape index (κ3) is 4.21. The van der Waals surface area contributed by atoms with E-state index in [4.69, 9.17) is 20.5 Å². The Balaban J connectivity index is 1.64. The SMILES string of the molecule is Cc1onc(-c2ccccc2Cl)c1C(=O)NNC(=O)C(=O)NCc1ccco1. The molecule has 0 atom stereocenters. The van der Waals surface area contributed by atoms with E-state index in [0.717, 1.165) is 0 Å². The number of carbonyl (C=O) groups is 3. The number of benzene rings is 1. The van der Waals surface area contributed by atoms with Crippen molar-refractivity contribution in [1.29, 1.82) is 0 Å². The lowest BCUT2D eigenvalue weighted by molar-refractivity contribution is -0.139. The topological polar surface area (TPSA) is 126 Å². The van der Waals surface area contributed by atoms with Crippen LogP contribution < -0.4 is 16.2 Å². The van der Waals surface area contributed by atoms with Crippen LogP contribution in [0.5, 0.6) is 0 Å². The van der Waals surface area contributed by atoms with Crippen LogP contribution in [0.15, 0.2) is 51.6 Å². The van der Waals surface area contributed by atoms with E-state index in [2.05, 4.69) is 15.9 Å². The Morgan fingerprint density at radius 2 is 1.86 bits per heavy atom. The molecule has 3 amide bonds. The van der Waals surface area contributed by atoms with E-state index in [-0.39, 0.29) is 23.6 Å². The van der Waals surface area contributed by atoms with Crippen LogP contribution in [0.25, 0.3) is 11.3 Å². The van der Waals surface area contributed by atoms with E-state index < -0.39 is 17.7 Å². The molecule has 3 rings (SSSR count). The third-order valence-corrected chi connectivity index (χ3v) is 4.05. The lowest BCUT2D eigenvalue weighted by Gasteiger charge is -2.08. The van der Waals surface area contributed by atoms with Gasteiger partial charge in [0.1, 0.15) is 22.8 Å². The minimum absolute atomic E-state index is 0.0363. The molecule has 0 aliphatic rings. The first kappa shape index (κ1) is 19.2. The zero-order valence-electron chi connectivity index (χ0n) is 14.6. The molecule has 2 aromatic heterocycles. The molecule has 3 N–H and O–H groups in total. The Kier molecular flexibility index (Phi) is 5.75. The van der Waals surface area contributed by atoms with Crippen LogP contribution in [-0.4, -0.2) is 22.9 Å². The number of furan rings is 1. The molecule has 0 fully saturated rings. The lowest BCUT2D eigenvalue weighted by atomic mass is 10.1. The fourth-order valence-electron chi connectivity index (χ4n) is 2.37. The fraction of sp³-hybridized carbons (Fsp3) is 0.111. The fourth-order valence-corrected chi connectivity index (χ4v) is 2.60. The first-order valence-corrected chi connectivity index (χ1v) is 8.47. The molecule has 144 valence electrons. The minimum Gasteiger partial charge on any atom is -0.467 e. The zero-order chi connectivity index (χ0) is 20.1. The van der Waals surface area contributed by atoms with Crippen molar-refractivity contribution < 1.29 is 23.3 Å². The molecular formula is C18H15ClN4O5. The van der Waals surface area contributed by atoms with E-state index in [1.807, 2.05) is 5.43 Å². The maximum absolute atomic E-state index is 12.5. The second-order valence-electron chi connectivity index (χ2n) is 5.61. The number of nitrogens with one attached hydrogen (secondary N) is 3. The lowest BCUT2D eigenvalue weighted by Crippen LogP contribution is -2.48. The molecule has 1 aromatic carbocycles. The quantitative estimate of drug-likeness (QED) is 0.452. The molecule has 0 unspecified atom stereocenters. The van der Waals surface area contributed by atoms with Gasteiger partial charge >= 0.3 is 11.8 Å². The van der Waals surface area contributed by atoms with Crippen LogP contribution in [-0.2, 0) is 16.1 Å². The molecule has 0 aliphatic carbocycles. The Morgan fingerprint density at radius 1 is 1.07 bits per heavy atom. The van der Waals surface area contributed by atoms with Crippen molar-refractivity contribution in [2.45, 2.75) is 13.5 Å². The van der Waals surface area contributed by atoms with Gasteiger partial charge in [0.25, 0.3) is 5.91 Å². The molecule has 0 radical (unpaired) electrons. The molecule has 3 aromatic rings. The number of aryl methyl sites for hydroxylation is 1. The average Bonchev–Trinajstić information content (AvgIpc) is 3.34. The van der Waals surface area contributed by atoms with Crippen LogP contribution in [0.1, 0.15) is 21.9 Å². The number of halogens is 1. The van der Waals surface area contributed by atoms with Crippen LogP contribution in [0.3, 0.4) is 0 Å². The summed E-state index contributed by atoms with van der Waals surface area (Å²) in [6, 6.07) is 10.1. The smallest absolute Gasteiger partial charge is 0.327 e. The normalized spacial score (nSPS) is 10.4. The first-order valence-electron chi connectivity index (χ1n) is 8.09. The number of hydrogen-bond acceptors (Lipinski definition) is 6.